The van der Waals surface area contributed by atoms with E-state index >= 15 is 0 Å². The lowest BCUT2D eigenvalue weighted by Crippen LogP contribution is -2.38. The average Bonchev–Trinajstić information content (AvgIpc) is 2.46. The van der Waals surface area contributed by atoms with Crippen LogP contribution in [-0.2, 0) is 9.53 Å². The molecule has 5 nitrogen and oxygen atoms in total. The first-order valence-electron chi connectivity index (χ1n) is 7.14. The van der Waals surface area contributed by atoms with Crippen LogP contribution in [0.15, 0.2) is 24.3 Å². The van der Waals surface area contributed by atoms with Crippen LogP contribution < -0.4 is 5.32 Å². The molecule has 0 bridgehead atoms. The third kappa shape index (κ3) is 6.40. The smallest absolute Gasteiger partial charge is 0.251 e. The zero-order chi connectivity index (χ0) is 15.7. The number of methoxy groups -OCH3 is 1. The van der Waals surface area contributed by atoms with Crippen molar-refractivity contribution in [3.8, 4) is 0 Å². The summed E-state index contributed by atoms with van der Waals surface area (Å²) in [6.45, 7) is 5.74. The monoisotopic (exact) mass is 292 g/mol. The van der Waals surface area contributed by atoms with Gasteiger partial charge in [0.1, 0.15) is 0 Å². The van der Waals surface area contributed by atoms with Crippen LogP contribution in [0.25, 0.3) is 0 Å². The number of carbonyl (C=O) groups is 2. The van der Waals surface area contributed by atoms with Gasteiger partial charge < -0.3 is 15.0 Å². The highest BCUT2D eigenvalue weighted by Gasteiger charge is 2.09. The topological polar surface area (TPSA) is 58.6 Å². The molecule has 0 radical (unpaired) electrons. The number of nitrogens with zero attached hydrogens (tertiary/aromatic N) is 1. The normalized spacial score (nSPS) is 10.2. The summed E-state index contributed by atoms with van der Waals surface area (Å²) in [6.07, 6.45) is 0.794. The Hall–Kier alpha value is -1.88. The Bertz CT molecular complexity index is 457. The van der Waals surface area contributed by atoms with Crippen molar-refractivity contribution in [1.82, 2.24) is 10.2 Å². The number of aryl methyl sites for hydroxylation is 1. The van der Waals surface area contributed by atoms with Crippen molar-refractivity contribution in [2.24, 2.45) is 0 Å². The van der Waals surface area contributed by atoms with E-state index in [0.717, 1.165) is 12.0 Å². The first kappa shape index (κ1) is 17.2. The van der Waals surface area contributed by atoms with E-state index in [1.54, 1.807) is 24.1 Å². The number of carbonyl (C=O) groups excluding carboxylic acids is 2. The van der Waals surface area contributed by atoms with Crippen LogP contribution >= 0.6 is 0 Å². The SMILES string of the molecule is COCCCN(CCNC(=O)c1ccc(C)cc1)C(C)=O. The lowest BCUT2D eigenvalue weighted by atomic mass is 10.1. The zero-order valence-electron chi connectivity index (χ0n) is 13.0. The summed E-state index contributed by atoms with van der Waals surface area (Å²) >= 11 is 0. The summed E-state index contributed by atoms with van der Waals surface area (Å²) in [5.74, 6) is -0.105. The van der Waals surface area contributed by atoms with Crippen LogP contribution in [0, 0.1) is 6.92 Å². The molecule has 0 aromatic heterocycles. The number of amides is 2. The van der Waals surface area contributed by atoms with Crippen molar-refractivity contribution >= 4 is 11.8 Å². The fraction of sp³-hybridized carbons (Fsp3) is 0.500. The second-order valence-electron chi connectivity index (χ2n) is 4.97. The van der Waals surface area contributed by atoms with Gasteiger partial charge in [0, 0.05) is 45.8 Å². The van der Waals surface area contributed by atoms with Crippen LogP contribution in [0.5, 0.6) is 0 Å². The molecule has 5 heteroatoms. The first-order valence-corrected chi connectivity index (χ1v) is 7.14. The van der Waals surface area contributed by atoms with Crippen LogP contribution in [-0.4, -0.2) is 50.1 Å². The van der Waals surface area contributed by atoms with Gasteiger partial charge in [-0.1, -0.05) is 17.7 Å². The number of ether oxygens (including phenoxy) is 1. The molecular weight excluding hydrogens is 268 g/mol. The summed E-state index contributed by atoms with van der Waals surface area (Å²) in [6, 6.07) is 7.40. The molecule has 1 rings (SSSR count). The molecule has 0 saturated heterocycles. The Kier molecular flexibility index (Phi) is 7.46. The highest BCUT2D eigenvalue weighted by atomic mass is 16.5. The highest BCUT2D eigenvalue weighted by Crippen LogP contribution is 2.02. The lowest BCUT2D eigenvalue weighted by molar-refractivity contribution is -0.129. The predicted octanol–water partition coefficient (Wildman–Crippen LogP) is 1.61. The van der Waals surface area contributed by atoms with Gasteiger partial charge in [0.25, 0.3) is 5.91 Å². The second-order valence-corrected chi connectivity index (χ2v) is 4.97. The summed E-state index contributed by atoms with van der Waals surface area (Å²) < 4.78 is 4.97. The molecule has 0 aliphatic rings. The number of nitrogens with one attached hydrogen (secondary N) is 1. The second kappa shape index (κ2) is 9.13. The standard InChI is InChI=1S/C16H24N2O3/c1-13-5-7-15(8-6-13)16(20)17-9-11-18(14(2)19)10-4-12-21-3/h5-8H,4,9-12H2,1-3H3,(H,17,20). The van der Waals surface area contributed by atoms with E-state index in [4.69, 9.17) is 4.74 Å². The first-order chi connectivity index (χ1) is 10.0. The fourth-order valence-electron chi connectivity index (χ4n) is 1.94. The molecule has 1 aromatic carbocycles. The largest absolute Gasteiger partial charge is 0.385 e. The van der Waals surface area contributed by atoms with Crippen LogP contribution in [0.2, 0.25) is 0 Å². The van der Waals surface area contributed by atoms with Crippen LogP contribution in [0.3, 0.4) is 0 Å². The van der Waals surface area contributed by atoms with E-state index in [0.29, 0.717) is 31.8 Å². The third-order valence-corrected chi connectivity index (χ3v) is 3.20. The van der Waals surface area contributed by atoms with Crippen LogP contribution in [0.1, 0.15) is 29.3 Å². The average molecular weight is 292 g/mol. The van der Waals surface area contributed by atoms with E-state index in [-0.39, 0.29) is 11.8 Å². The van der Waals surface area contributed by atoms with E-state index < -0.39 is 0 Å². The Balaban J connectivity index is 2.37. The maximum absolute atomic E-state index is 11.9. The van der Waals surface area contributed by atoms with Gasteiger partial charge in [-0.05, 0) is 25.5 Å². The number of hydrogen-bond donors (Lipinski definition) is 1. The fourth-order valence-corrected chi connectivity index (χ4v) is 1.94. The van der Waals surface area contributed by atoms with Gasteiger partial charge in [-0.25, -0.2) is 0 Å². The minimum absolute atomic E-state index is 0.00990. The Morgan fingerprint density at radius 1 is 1.19 bits per heavy atom. The summed E-state index contributed by atoms with van der Waals surface area (Å²) in [7, 11) is 1.64. The summed E-state index contributed by atoms with van der Waals surface area (Å²) in [5.41, 5.74) is 1.75. The molecule has 0 aliphatic heterocycles. The van der Waals surface area contributed by atoms with Gasteiger partial charge in [0.15, 0.2) is 0 Å². The van der Waals surface area contributed by atoms with Crippen LogP contribution in [0.4, 0.5) is 0 Å². The maximum atomic E-state index is 11.9. The Morgan fingerprint density at radius 3 is 2.43 bits per heavy atom. The molecule has 116 valence electrons. The molecule has 0 heterocycles. The molecule has 2 amide bonds. The maximum Gasteiger partial charge on any atom is 0.251 e. The molecule has 0 aliphatic carbocycles. The molecule has 1 aromatic rings. The number of benzene rings is 1. The van der Waals surface area contributed by atoms with Crippen molar-refractivity contribution < 1.29 is 14.3 Å². The molecule has 0 unspecified atom stereocenters. The summed E-state index contributed by atoms with van der Waals surface area (Å²) in [5, 5.41) is 2.83. The molecular formula is C16H24N2O3. The van der Waals surface area contributed by atoms with Gasteiger partial charge >= 0.3 is 0 Å². The van der Waals surface area contributed by atoms with Gasteiger partial charge in [-0.3, -0.25) is 9.59 Å². The Morgan fingerprint density at radius 2 is 1.86 bits per heavy atom. The van der Waals surface area contributed by atoms with Gasteiger partial charge in [0.05, 0.1) is 0 Å². The molecule has 0 saturated carbocycles. The highest BCUT2D eigenvalue weighted by molar-refractivity contribution is 5.94. The van der Waals surface area contributed by atoms with Crippen molar-refractivity contribution in [3.05, 3.63) is 35.4 Å². The predicted molar refractivity (Wildman–Crippen MR) is 82.3 cm³/mol. The van der Waals surface area contributed by atoms with E-state index in [1.807, 2.05) is 19.1 Å². The van der Waals surface area contributed by atoms with Crippen molar-refractivity contribution in [1.29, 1.82) is 0 Å². The molecule has 0 atom stereocenters. The van der Waals surface area contributed by atoms with Crippen molar-refractivity contribution in [2.75, 3.05) is 33.4 Å². The zero-order valence-corrected chi connectivity index (χ0v) is 13.0. The number of hydrogen-bond acceptors (Lipinski definition) is 3. The Labute approximate surface area is 126 Å². The number of rotatable bonds is 8. The third-order valence-electron chi connectivity index (χ3n) is 3.20. The minimum atomic E-state index is -0.115. The lowest BCUT2D eigenvalue weighted by Gasteiger charge is -2.21. The van der Waals surface area contributed by atoms with Crippen molar-refractivity contribution in [2.45, 2.75) is 20.3 Å². The van der Waals surface area contributed by atoms with Gasteiger partial charge in [-0.2, -0.15) is 0 Å². The summed E-state index contributed by atoms with van der Waals surface area (Å²) in [4.78, 5) is 25.1. The molecule has 0 spiro atoms. The van der Waals surface area contributed by atoms with E-state index in [9.17, 15) is 9.59 Å². The molecule has 1 N–H and O–H groups in total. The molecule has 0 fully saturated rings. The quantitative estimate of drug-likeness (QED) is 0.741. The minimum Gasteiger partial charge on any atom is -0.385 e. The van der Waals surface area contributed by atoms with E-state index in [1.165, 1.54) is 6.92 Å². The van der Waals surface area contributed by atoms with E-state index in [2.05, 4.69) is 5.32 Å². The van der Waals surface area contributed by atoms with Crippen molar-refractivity contribution in [3.63, 3.8) is 0 Å². The van der Waals surface area contributed by atoms with Gasteiger partial charge in [0.2, 0.25) is 5.91 Å². The van der Waals surface area contributed by atoms with Gasteiger partial charge in [-0.15, -0.1) is 0 Å². The molecule has 21 heavy (non-hydrogen) atoms.